The number of amides is 1. The third-order valence-electron chi connectivity index (χ3n) is 2.91. The van der Waals surface area contributed by atoms with E-state index in [4.69, 9.17) is 4.74 Å². The van der Waals surface area contributed by atoms with Crippen LogP contribution in [0.3, 0.4) is 0 Å². The molecule has 0 radical (unpaired) electrons. The van der Waals surface area contributed by atoms with E-state index in [1.807, 2.05) is 18.7 Å². The third kappa shape index (κ3) is 5.48. The molecule has 1 rings (SSSR count). The molecule has 1 fully saturated rings. The minimum Gasteiger partial charge on any atom is -0.389 e. The standard InChI is InChI=1S/C12H24N2O3/c1-10(2)17-9-12(16)8-13-4-6-14(7-5-13)11(3)15/h10,12,16H,4-9H2,1-3H3/t12-/m1/s1. The van der Waals surface area contributed by atoms with Gasteiger partial charge in [-0.1, -0.05) is 0 Å². The summed E-state index contributed by atoms with van der Waals surface area (Å²) in [5.41, 5.74) is 0. The molecule has 0 aromatic rings. The van der Waals surface area contributed by atoms with Gasteiger partial charge in [0.2, 0.25) is 5.91 Å². The second-order valence-electron chi connectivity index (χ2n) is 4.84. The van der Waals surface area contributed by atoms with Crippen molar-refractivity contribution in [1.82, 2.24) is 9.80 Å². The Hall–Kier alpha value is -0.650. The van der Waals surface area contributed by atoms with Crippen molar-refractivity contribution in [3.05, 3.63) is 0 Å². The highest BCUT2D eigenvalue weighted by molar-refractivity contribution is 5.73. The van der Waals surface area contributed by atoms with Crippen LogP contribution >= 0.6 is 0 Å². The van der Waals surface area contributed by atoms with Gasteiger partial charge in [0.15, 0.2) is 0 Å². The summed E-state index contributed by atoms with van der Waals surface area (Å²) in [6.07, 6.45) is -0.291. The fourth-order valence-corrected chi connectivity index (χ4v) is 1.90. The molecule has 0 spiro atoms. The highest BCUT2D eigenvalue weighted by Gasteiger charge is 2.20. The lowest BCUT2D eigenvalue weighted by Crippen LogP contribution is -2.50. The summed E-state index contributed by atoms with van der Waals surface area (Å²) in [7, 11) is 0. The lowest BCUT2D eigenvalue weighted by Gasteiger charge is -2.35. The molecule has 17 heavy (non-hydrogen) atoms. The molecule has 0 aromatic carbocycles. The van der Waals surface area contributed by atoms with E-state index in [1.165, 1.54) is 0 Å². The number of carbonyl (C=O) groups excluding carboxylic acids is 1. The summed E-state index contributed by atoms with van der Waals surface area (Å²) in [6, 6.07) is 0. The number of hydrogen-bond acceptors (Lipinski definition) is 4. The summed E-state index contributed by atoms with van der Waals surface area (Å²) >= 11 is 0. The highest BCUT2D eigenvalue weighted by atomic mass is 16.5. The van der Waals surface area contributed by atoms with Crippen LogP contribution in [0.2, 0.25) is 0 Å². The van der Waals surface area contributed by atoms with E-state index in [0.717, 1.165) is 26.2 Å². The van der Waals surface area contributed by atoms with E-state index in [-0.39, 0.29) is 12.0 Å². The molecule has 5 heteroatoms. The number of rotatable bonds is 5. The quantitative estimate of drug-likeness (QED) is 0.736. The molecule has 0 bridgehead atoms. The number of ether oxygens (including phenoxy) is 1. The fraction of sp³-hybridized carbons (Fsp3) is 0.917. The number of nitrogens with zero attached hydrogens (tertiary/aromatic N) is 2. The van der Waals surface area contributed by atoms with Crippen LogP contribution in [-0.2, 0) is 9.53 Å². The van der Waals surface area contributed by atoms with Gasteiger partial charge in [0.1, 0.15) is 0 Å². The van der Waals surface area contributed by atoms with Crippen molar-refractivity contribution in [1.29, 1.82) is 0 Å². The van der Waals surface area contributed by atoms with Crippen molar-refractivity contribution in [3.63, 3.8) is 0 Å². The molecule has 0 unspecified atom stereocenters. The molecule has 100 valence electrons. The first-order valence-corrected chi connectivity index (χ1v) is 6.26. The summed E-state index contributed by atoms with van der Waals surface area (Å²) < 4.78 is 5.36. The second-order valence-corrected chi connectivity index (χ2v) is 4.84. The van der Waals surface area contributed by atoms with Gasteiger partial charge >= 0.3 is 0 Å². The molecule has 1 aliphatic rings. The summed E-state index contributed by atoms with van der Waals surface area (Å²) in [6.45, 7) is 9.69. The van der Waals surface area contributed by atoms with Gasteiger partial charge in [-0.05, 0) is 13.8 Å². The summed E-state index contributed by atoms with van der Waals surface area (Å²) in [5, 5.41) is 9.78. The molecule has 5 nitrogen and oxygen atoms in total. The lowest BCUT2D eigenvalue weighted by atomic mass is 10.2. The van der Waals surface area contributed by atoms with Crippen molar-refractivity contribution >= 4 is 5.91 Å². The predicted octanol–water partition coefficient (Wildman–Crippen LogP) is -0.0636. The van der Waals surface area contributed by atoms with E-state index in [0.29, 0.717) is 13.2 Å². The molecular weight excluding hydrogens is 220 g/mol. The fourth-order valence-electron chi connectivity index (χ4n) is 1.90. The Balaban J connectivity index is 2.19. The zero-order chi connectivity index (χ0) is 12.8. The van der Waals surface area contributed by atoms with Crippen molar-refractivity contribution in [2.45, 2.75) is 33.0 Å². The summed E-state index contributed by atoms with van der Waals surface area (Å²) in [5.74, 6) is 0.133. The van der Waals surface area contributed by atoms with E-state index in [1.54, 1.807) is 6.92 Å². The van der Waals surface area contributed by atoms with Crippen LogP contribution in [0.5, 0.6) is 0 Å². The maximum atomic E-state index is 11.1. The average Bonchev–Trinajstić information content (AvgIpc) is 2.27. The van der Waals surface area contributed by atoms with Crippen molar-refractivity contribution in [2.24, 2.45) is 0 Å². The van der Waals surface area contributed by atoms with Gasteiger partial charge < -0.3 is 14.7 Å². The summed E-state index contributed by atoms with van der Waals surface area (Å²) in [4.78, 5) is 15.2. The van der Waals surface area contributed by atoms with Crippen LogP contribution in [0.1, 0.15) is 20.8 Å². The van der Waals surface area contributed by atoms with Crippen LogP contribution < -0.4 is 0 Å². The molecule has 1 amide bonds. The number of hydrogen-bond donors (Lipinski definition) is 1. The Morgan fingerprint density at radius 1 is 1.29 bits per heavy atom. The number of aliphatic hydroxyl groups is 1. The molecule has 0 saturated carbocycles. The Labute approximate surface area is 103 Å². The Morgan fingerprint density at radius 2 is 1.88 bits per heavy atom. The highest BCUT2D eigenvalue weighted by Crippen LogP contribution is 2.03. The first kappa shape index (κ1) is 14.4. The SMILES string of the molecule is CC(=O)N1CCN(C[C@@H](O)COC(C)C)CC1. The van der Waals surface area contributed by atoms with E-state index < -0.39 is 6.10 Å². The van der Waals surface area contributed by atoms with Gasteiger partial charge in [-0.2, -0.15) is 0 Å². The maximum Gasteiger partial charge on any atom is 0.219 e. The molecule has 1 atom stereocenters. The normalized spacial score (nSPS) is 19.7. The topological polar surface area (TPSA) is 53.0 Å². The largest absolute Gasteiger partial charge is 0.389 e. The molecule has 0 aliphatic carbocycles. The molecule has 1 N–H and O–H groups in total. The van der Waals surface area contributed by atoms with Crippen LogP contribution in [0.15, 0.2) is 0 Å². The Bertz CT molecular complexity index is 238. The molecule has 0 aromatic heterocycles. The first-order valence-electron chi connectivity index (χ1n) is 6.26. The minimum absolute atomic E-state index is 0.133. The zero-order valence-corrected chi connectivity index (χ0v) is 11.1. The second kappa shape index (κ2) is 6.93. The van der Waals surface area contributed by atoms with Crippen molar-refractivity contribution < 1.29 is 14.6 Å². The number of aliphatic hydroxyl groups excluding tert-OH is 1. The van der Waals surface area contributed by atoms with Gasteiger partial charge in [0, 0.05) is 39.6 Å². The Kier molecular flexibility index (Phi) is 5.88. The van der Waals surface area contributed by atoms with Crippen LogP contribution in [-0.4, -0.2) is 72.4 Å². The predicted molar refractivity (Wildman–Crippen MR) is 65.8 cm³/mol. The number of piperazine rings is 1. The average molecular weight is 244 g/mol. The Morgan fingerprint density at radius 3 is 2.35 bits per heavy atom. The van der Waals surface area contributed by atoms with Gasteiger partial charge in [0.25, 0.3) is 0 Å². The van der Waals surface area contributed by atoms with E-state index in [9.17, 15) is 9.90 Å². The van der Waals surface area contributed by atoms with E-state index >= 15 is 0 Å². The molecule has 1 heterocycles. The molecule has 1 aliphatic heterocycles. The lowest BCUT2D eigenvalue weighted by molar-refractivity contribution is -0.130. The van der Waals surface area contributed by atoms with Crippen molar-refractivity contribution in [3.8, 4) is 0 Å². The van der Waals surface area contributed by atoms with E-state index in [2.05, 4.69) is 4.90 Å². The maximum absolute atomic E-state index is 11.1. The van der Waals surface area contributed by atoms with Gasteiger partial charge in [-0.3, -0.25) is 9.69 Å². The first-order chi connectivity index (χ1) is 7.99. The minimum atomic E-state index is -0.443. The number of β-amino-alcohol motifs (C(OH)–C–C–N with tert-alkyl or cyclic N) is 1. The van der Waals surface area contributed by atoms with Gasteiger partial charge in [-0.25, -0.2) is 0 Å². The molecular formula is C12H24N2O3. The van der Waals surface area contributed by atoms with Crippen LogP contribution in [0.4, 0.5) is 0 Å². The molecule has 1 saturated heterocycles. The number of carbonyl (C=O) groups is 1. The van der Waals surface area contributed by atoms with Crippen molar-refractivity contribution in [2.75, 3.05) is 39.3 Å². The monoisotopic (exact) mass is 244 g/mol. The van der Waals surface area contributed by atoms with Crippen LogP contribution in [0.25, 0.3) is 0 Å². The van der Waals surface area contributed by atoms with Crippen LogP contribution in [0, 0.1) is 0 Å². The van der Waals surface area contributed by atoms with Gasteiger partial charge in [-0.15, -0.1) is 0 Å². The smallest absolute Gasteiger partial charge is 0.219 e. The zero-order valence-electron chi connectivity index (χ0n) is 11.1. The third-order valence-corrected chi connectivity index (χ3v) is 2.91. The van der Waals surface area contributed by atoms with Gasteiger partial charge in [0.05, 0.1) is 18.8 Å².